The molecule has 0 amide bonds. The number of likely N-dealkylation sites (N-methyl/N-ethyl adjacent to an activating group) is 1. The Kier molecular flexibility index (Phi) is 5.28. The van der Waals surface area contributed by atoms with Crippen molar-refractivity contribution in [2.75, 3.05) is 33.2 Å². The highest BCUT2D eigenvalue weighted by Gasteiger charge is 2.40. The molecule has 2 saturated heterocycles. The molecule has 27 heavy (non-hydrogen) atoms. The Hall–Kier alpha value is -1.43. The zero-order valence-electron chi connectivity index (χ0n) is 17.1. The monoisotopic (exact) mass is 370 g/mol. The second-order valence-electron chi connectivity index (χ2n) is 9.35. The number of aliphatic hydroxyl groups is 1. The van der Waals surface area contributed by atoms with Crippen molar-refractivity contribution in [3.05, 3.63) is 30.1 Å². The smallest absolute Gasteiger partial charge is 0.124 e. The molecule has 0 radical (unpaired) electrons. The molecule has 4 rings (SSSR count). The van der Waals surface area contributed by atoms with Crippen molar-refractivity contribution >= 4 is 11.0 Å². The summed E-state index contributed by atoms with van der Waals surface area (Å²) >= 11 is 0. The number of nitrogens with zero attached hydrogens (tertiary/aromatic N) is 4. The molecule has 5 heteroatoms. The average molecular weight is 371 g/mol. The van der Waals surface area contributed by atoms with Crippen molar-refractivity contribution in [3.63, 3.8) is 0 Å². The van der Waals surface area contributed by atoms with Gasteiger partial charge in [-0.25, -0.2) is 4.98 Å². The molecule has 1 unspecified atom stereocenters. The van der Waals surface area contributed by atoms with Crippen LogP contribution < -0.4 is 0 Å². The largest absolute Gasteiger partial charge is 0.392 e. The van der Waals surface area contributed by atoms with Gasteiger partial charge in [-0.3, -0.25) is 4.90 Å². The highest BCUT2D eigenvalue weighted by Crippen LogP contribution is 2.39. The number of fused-ring (bicyclic) bond motifs is 1. The van der Waals surface area contributed by atoms with Crippen LogP contribution >= 0.6 is 0 Å². The zero-order valence-corrected chi connectivity index (χ0v) is 17.1. The van der Waals surface area contributed by atoms with Gasteiger partial charge in [0.2, 0.25) is 0 Å². The van der Waals surface area contributed by atoms with Gasteiger partial charge in [0.25, 0.3) is 0 Å². The Morgan fingerprint density at radius 2 is 1.96 bits per heavy atom. The first-order valence-electron chi connectivity index (χ1n) is 10.5. The molecule has 0 bridgehead atoms. The third-order valence-corrected chi connectivity index (χ3v) is 6.36. The van der Waals surface area contributed by atoms with Gasteiger partial charge in [0.15, 0.2) is 0 Å². The molecule has 1 aromatic heterocycles. The van der Waals surface area contributed by atoms with E-state index in [9.17, 15) is 5.11 Å². The second kappa shape index (κ2) is 7.53. The van der Waals surface area contributed by atoms with E-state index in [-0.39, 0.29) is 6.10 Å². The number of β-amino-alcohol motifs (C(OH)–C–C–N with tert-alkyl or cyclic N) is 1. The SMILES string of the molecule is CC(C)Cn1c(CN2CCC3(CC2)CC(O)CN(C)C3)nc2ccccc21. The van der Waals surface area contributed by atoms with E-state index in [1.165, 1.54) is 24.2 Å². The van der Waals surface area contributed by atoms with Gasteiger partial charge in [0, 0.05) is 19.6 Å². The number of hydrogen-bond acceptors (Lipinski definition) is 4. The van der Waals surface area contributed by atoms with Crippen LogP contribution in [-0.2, 0) is 13.1 Å². The summed E-state index contributed by atoms with van der Waals surface area (Å²) in [7, 11) is 2.14. The number of piperidine rings is 2. The molecule has 0 aliphatic carbocycles. The Bertz CT molecular complexity index is 764. The summed E-state index contributed by atoms with van der Waals surface area (Å²) in [5.74, 6) is 1.80. The van der Waals surface area contributed by atoms with Crippen LogP contribution in [0.25, 0.3) is 11.0 Å². The van der Waals surface area contributed by atoms with Crippen LogP contribution in [0.5, 0.6) is 0 Å². The summed E-state index contributed by atoms with van der Waals surface area (Å²) in [5.41, 5.74) is 2.67. The molecule has 1 aromatic carbocycles. The number of likely N-dealkylation sites (tertiary alicyclic amines) is 2. The van der Waals surface area contributed by atoms with E-state index in [1.807, 2.05) is 0 Å². The third-order valence-electron chi connectivity index (χ3n) is 6.36. The molecule has 2 aromatic rings. The molecule has 3 heterocycles. The number of imidazole rings is 1. The van der Waals surface area contributed by atoms with Gasteiger partial charge < -0.3 is 14.6 Å². The molecule has 1 N–H and O–H groups in total. The quantitative estimate of drug-likeness (QED) is 0.899. The molecule has 2 aliphatic heterocycles. The summed E-state index contributed by atoms with van der Waals surface area (Å²) in [6, 6.07) is 8.51. The molecule has 148 valence electrons. The summed E-state index contributed by atoms with van der Waals surface area (Å²) in [6.07, 6.45) is 3.17. The number of aliphatic hydroxyl groups excluding tert-OH is 1. The average Bonchev–Trinajstić information content (AvgIpc) is 2.93. The van der Waals surface area contributed by atoms with Crippen molar-refractivity contribution < 1.29 is 5.11 Å². The van der Waals surface area contributed by atoms with Gasteiger partial charge in [-0.2, -0.15) is 0 Å². The maximum atomic E-state index is 10.2. The van der Waals surface area contributed by atoms with Gasteiger partial charge in [-0.05, 0) is 62.9 Å². The van der Waals surface area contributed by atoms with Crippen LogP contribution in [-0.4, -0.2) is 63.8 Å². The van der Waals surface area contributed by atoms with Crippen LogP contribution in [0.1, 0.15) is 38.9 Å². The van der Waals surface area contributed by atoms with E-state index in [0.717, 1.165) is 51.2 Å². The Morgan fingerprint density at radius 3 is 2.67 bits per heavy atom. The number of benzene rings is 1. The number of aromatic nitrogens is 2. The van der Waals surface area contributed by atoms with Crippen LogP contribution in [0.3, 0.4) is 0 Å². The molecule has 0 saturated carbocycles. The van der Waals surface area contributed by atoms with Crippen molar-refractivity contribution in [1.29, 1.82) is 0 Å². The fraction of sp³-hybridized carbons (Fsp3) is 0.682. The highest BCUT2D eigenvalue weighted by atomic mass is 16.3. The third kappa shape index (κ3) is 4.05. The van der Waals surface area contributed by atoms with E-state index < -0.39 is 0 Å². The molecule has 2 aliphatic rings. The second-order valence-corrected chi connectivity index (χ2v) is 9.35. The Morgan fingerprint density at radius 1 is 1.22 bits per heavy atom. The van der Waals surface area contributed by atoms with Crippen molar-refractivity contribution in [3.8, 4) is 0 Å². The predicted octanol–water partition coefficient (Wildman–Crippen LogP) is 2.97. The minimum absolute atomic E-state index is 0.162. The Balaban J connectivity index is 1.48. The zero-order chi connectivity index (χ0) is 19.0. The topological polar surface area (TPSA) is 44.5 Å². The first kappa shape index (κ1) is 18.9. The molecular formula is C22H34N4O. The van der Waals surface area contributed by atoms with Gasteiger partial charge in [-0.1, -0.05) is 26.0 Å². The van der Waals surface area contributed by atoms with Crippen LogP contribution in [0.2, 0.25) is 0 Å². The maximum absolute atomic E-state index is 10.2. The lowest BCUT2D eigenvalue weighted by Gasteiger charge is -2.48. The molecule has 1 spiro atoms. The summed E-state index contributed by atoms with van der Waals surface area (Å²) in [6.45, 7) is 10.6. The standard InChI is InChI=1S/C22H34N4O/c1-17(2)13-26-20-7-5-4-6-19(20)23-21(26)15-25-10-8-22(9-11-25)12-18(27)14-24(3)16-22/h4-7,17-18,27H,8-16H2,1-3H3. The lowest BCUT2D eigenvalue weighted by molar-refractivity contribution is -0.0335. The minimum atomic E-state index is -0.162. The van der Waals surface area contributed by atoms with E-state index >= 15 is 0 Å². The van der Waals surface area contributed by atoms with Crippen LogP contribution in [0.15, 0.2) is 24.3 Å². The molecule has 1 atom stereocenters. The van der Waals surface area contributed by atoms with E-state index in [2.05, 4.69) is 59.5 Å². The number of para-hydroxylation sites is 2. The first-order chi connectivity index (χ1) is 12.9. The first-order valence-corrected chi connectivity index (χ1v) is 10.5. The van der Waals surface area contributed by atoms with Crippen LogP contribution in [0.4, 0.5) is 0 Å². The molecule has 2 fully saturated rings. The predicted molar refractivity (Wildman–Crippen MR) is 110 cm³/mol. The van der Waals surface area contributed by atoms with E-state index in [1.54, 1.807) is 0 Å². The Labute approximate surface area is 163 Å². The molecular weight excluding hydrogens is 336 g/mol. The maximum Gasteiger partial charge on any atom is 0.124 e. The number of rotatable bonds is 4. The van der Waals surface area contributed by atoms with Crippen molar-refractivity contribution in [1.82, 2.24) is 19.4 Å². The molecule has 5 nitrogen and oxygen atoms in total. The summed E-state index contributed by atoms with van der Waals surface area (Å²) in [4.78, 5) is 9.83. The van der Waals surface area contributed by atoms with Gasteiger partial charge in [-0.15, -0.1) is 0 Å². The number of hydrogen-bond donors (Lipinski definition) is 1. The van der Waals surface area contributed by atoms with Crippen LogP contribution in [0, 0.1) is 11.3 Å². The summed E-state index contributed by atoms with van der Waals surface area (Å²) < 4.78 is 2.42. The minimum Gasteiger partial charge on any atom is -0.392 e. The van der Waals surface area contributed by atoms with Crippen molar-refractivity contribution in [2.45, 2.75) is 52.3 Å². The fourth-order valence-electron chi connectivity index (χ4n) is 5.19. The van der Waals surface area contributed by atoms with E-state index in [4.69, 9.17) is 4.98 Å². The normalized spacial score (nSPS) is 24.3. The lowest BCUT2D eigenvalue weighted by atomic mass is 9.72. The highest BCUT2D eigenvalue weighted by molar-refractivity contribution is 5.75. The van der Waals surface area contributed by atoms with Gasteiger partial charge in [0.1, 0.15) is 5.82 Å². The summed E-state index contributed by atoms with van der Waals surface area (Å²) in [5, 5.41) is 10.2. The van der Waals surface area contributed by atoms with E-state index in [0.29, 0.717) is 11.3 Å². The van der Waals surface area contributed by atoms with Gasteiger partial charge >= 0.3 is 0 Å². The fourth-order valence-corrected chi connectivity index (χ4v) is 5.19. The lowest BCUT2D eigenvalue weighted by Crippen LogP contribution is -2.52. The van der Waals surface area contributed by atoms with Gasteiger partial charge in [0.05, 0.1) is 23.7 Å². The van der Waals surface area contributed by atoms with Crippen molar-refractivity contribution in [2.24, 2.45) is 11.3 Å².